The lowest BCUT2D eigenvalue weighted by Gasteiger charge is -2.19. The Kier molecular flexibility index (Phi) is 6.75. The molecule has 19 heavy (non-hydrogen) atoms. The van der Waals surface area contributed by atoms with Crippen molar-refractivity contribution < 1.29 is 4.74 Å². The van der Waals surface area contributed by atoms with Gasteiger partial charge >= 0.3 is 0 Å². The monoisotopic (exact) mass is 263 g/mol. The Labute approximate surface area is 118 Å². The summed E-state index contributed by atoms with van der Waals surface area (Å²) in [4.78, 5) is 0. The second kappa shape index (κ2) is 8.08. The molecule has 0 saturated heterocycles. The van der Waals surface area contributed by atoms with Gasteiger partial charge in [0.2, 0.25) is 0 Å². The van der Waals surface area contributed by atoms with Crippen LogP contribution in [0.1, 0.15) is 52.5 Å². The average molecular weight is 263 g/mol. The van der Waals surface area contributed by atoms with E-state index in [4.69, 9.17) is 4.74 Å². The molecule has 0 aliphatic rings. The second-order valence-electron chi connectivity index (χ2n) is 5.86. The topological polar surface area (TPSA) is 21.3 Å². The SMILES string of the molecule is CCCOc1cc(C)ccc1NC(C)CCC(C)C. The highest BCUT2D eigenvalue weighted by Gasteiger charge is 2.08. The molecule has 0 amide bonds. The Hall–Kier alpha value is -1.18. The molecule has 0 aliphatic carbocycles. The minimum Gasteiger partial charge on any atom is -0.491 e. The van der Waals surface area contributed by atoms with Crippen molar-refractivity contribution in [3.05, 3.63) is 23.8 Å². The van der Waals surface area contributed by atoms with E-state index in [-0.39, 0.29) is 0 Å². The van der Waals surface area contributed by atoms with E-state index >= 15 is 0 Å². The summed E-state index contributed by atoms with van der Waals surface area (Å²) in [5.74, 6) is 1.75. The molecule has 0 bridgehead atoms. The molecule has 0 fully saturated rings. The normalized spacial score (nSPS) is 12.5. The van der Waals surface area contributed by atoms with E-state index in [0.717, 1.165) is 30.4 Å². The predicted molar refractivity (Wildman–Crippen MR) is 84.1 cm³/mol. The molecule has 2 heteroatoms. The number of benzene rings is 1. The van der Waals surface area contributed by atoms with Crippen molar-refractivity contribution in [3.63, 3.8) is 0 Å². The predicted octanol–water partition coefficient (Wildman–Crippen LogP) is 5.02. The van der Waals surface area contributed by atoms with Crippen LogP contribution in [0.5, 0.6) is 5.75 Å². The lowest BCUT2D eigenvalue weighted by molar-refractivity contribution is 0.318. The largest absolute Gasteiger partial charge is 0.491 e. The van der Waals surface area contributed by atoms with Crippen LogP contribution >= 0.6 is 0 Å². The van der Waals surface area contributed by atoms with Crippen molar-refractivity contribution in [2.24, 2.45) is 5.92 Å². The minimum absolute atomic E-state index is 0.481. The summed E-state index contributed by atoms with van der Waals surface area (Å²) in [6, 6.07) is 6.87. The Bertz CT molecular complexity index is 374. The van der Waals surface area contributed by atoms with Crippen molar-refractivity contribution in [2.75, 3.05) is 11.9 Å². The summed E-state index contributed by atoms with van der Waals surface area (Å²) >= 11 is 0. The van der Waals surface area contributed by atoms with Gasteiger partial charge < -0.3 is 10.1 Å². The smallest absolute Gasteiger partial charge is 0.142 e. The first-order valence-corrected chi connectivity index (χ1v) is 7.53. The lowest BCUT2D eigenvalue weighted by Crippen LogP contribution is -2.16. The second-order valence-corrected chi connectivity index (χ2v) is 5.86. The van der Waals surface area contributed by atoms with Gasteiger partial charge in [-0.05, 0) is 56.7 Å². The van der Waals surface area contributed by atoms with E-state index in [1.54, 1.807) is 0 Å². The van der Waals surface area contributed by atoms with Gasteiger partial charge in [-0.25, -0.2) is 0 Å². The van der Waals surface area contributed by atoms with E-state index in [1.165, 1.54) is 18.4 Å². The molecule has 1 atom stereocenters. The molecule has 0 heterocycles. The van der Waals surface area contributed by atoms with Crippen LogP contribution in [0.2, 0.25) is 0 Å². The Morgan fingerprint density at radius 2 is 1.89 bits per heavy atom. The summed E-state index contributed by atoms with van der Waals surface area (Å²) in [6.45, 7) is 11.8. The first-order valence-electron chi connectivity index (χ1n) is 7.53. The summed E-state index contributed by atoms with van der Waals surface area (Å²) in [6.07, 6.45) is 3.49. The Morgan fingerprint density at radius 3 is 2.53 bits per heavy atom. The maximum absolute atomic E-state index is 5.83. The molecule has 0 aromatic heterocycles. The number of aryl methyl sites for hydroxylation is 1. The van der Waals surface area contributed by atoms with Gasteiger partial charge in [-0.3, -0.25) is 0 Å². The van der Waals surface area contributed by atoms with Crippen LogP contribution in [0.15, 0.2) is 18.2 Å². The van der Waals surface area contributed by atoms with Gasteiger partial charge in [0.25, 0.3) is 0 Å². The third-order valence-electron chi connectivity index (χ3n) is 3.18. The number of anilines is 1. The Balaban J connectivity index is 2.65. The van der Waals surface area contributed by atoms with E-state index in [1.807, 2.05) is 0 Å². The molecule has 0 aliphatic heterocycles. The van der Waals surface area contributed by atoms with E-state index < -0.39 is 0 Å². The zero-order chi connectivity index (χ0) is 14.3. The highest BCUT2D eigenvalue weighted by Crippen LogP contribution is 2.27. The molecule has 0 spiro atoms. The third-order valence-corrected chi connectivity index (χ3v) is 3.18. The number of nitrogens with one attached hydrogen (secondary N) is 1. The zero-order valence-corrected chi connectivity index (χ0v) is 13.1. The van der Waals surface area contributed by atoms with Crippen molar-refractivity contribution in [3.8, 4) is 5.75 Å². The molecule has 1 aromatic rings. The van der Waals surface area contributed by atoms with E-state index in [0.29, 0.717) is 6.04 Å². The van der Waals surface area contributed by atoms with Gasteiger partial charge in [0, 0.05) is 6.04 Å². The number of ether oxygens (including phenoxy) is 1. The molecule has 1 aromatic carbocycles. The quantitative estimate of drug-likeness (QED) is 0.711. The van der Waals surface area contributed by atoms with Crippen molar-refractivity contribution in [2.45, 2.75) is 59.9 Å². The molecule has 0 radical (unpaired) electrons. The van der Waals surface area contributed by atoms with Gasteiger partial charge in [-0.1, -0.05) is 26.8 Å². The number of hydrogen-bond acceptors (Lipinski definition) is 2. The Morgan fingerprint density at radius 1 is 1.16 bits per heavy atom. The first kappa shape index (κ1) is 15.9. The minimum atomic E-state index is 0.481. The summed E-state index contributed by atoms with van der Waals surface area (Å²) < 4.78 is 5.83. The van der Waals surface area contributed by atoms with Crippen LogP contribution in [0.3, 0.4) is 0 Å². The highest BCUT2D eigenvalue weighted by molar-refractivity contribution is 5.58. The van der Waals surface area contributed by atoms with Gasteiger partial charge in [0.15, 0.2) is 0 Å². The molecule has 1 unspecified atom stereocenters. The fourth-order valence-corrected chi connectivity index (χ4v) is 2.00. The van der Waals surface area contributed by atoms with E-state index in [9.17, 15) is 0 Å². The maximum atomic E-state index is 5.83. The summed E-state index contributed by atoms with van der Waals surface area (Å²) in [7, 11) is 0. The summed E-state index contributed by atoms with van der Waals surface area (Å²) in [5, 5.41) is 3.58. The van der Waals surface area contributed by atoms with Crippen LogP contribution in [0.25, 0.3) is 0 Å². The van der Waals surface area contributed by atoms with Crippen LogP contribution in [0.4, 0.5) is 5.69 Å². The lowest BCUT2D eigenvalue weighted by atomic mass is 10.0. The fraction of sp³-hybridized carbons (Fsp3) is 0.647. The van der Waals surface area contributed by atoms with Crippen molar-refractivity contribution >= 4 is 5.69 Å². The summed E-state index contributed by atoms with van der Waals surface area (Å²) in [5.41, 5.74) is 2.36. The number of hydrogen-bond donors (Lipinski definition) is 1. The number of rotatable bonds is 8. The van der Waals surface area contributed by atoms with Gasteiger partial charge in [0.1, 0.15) is 5.75 Å². The van der Waals surface area contributed by atoms with Gasteiger partial charge in [-0.15, -0.1) is 0 Å². The van der Waals surface area contributed by atoms with E-state index in [2.05, 4.69) is 58.1 Å². The highest BCUT2D eigenvalue weighted by atomic mass is 16.5. The zero-order valence-electron chi connectivity index (χ0n) is 13.1. The molecular formula is C17H29NO. The average Bonchev–Trinajstić information content (AvgIpc) is 2.36. The van der Waals surface area contributed by atoms with Crippen LogP contribution in [-0.4, -0.2) is 12.6 Å². The van der Waals surface area contributed by atoms with Crippen LogP contribution < -0.4 is 10.1 Å². The van der Waals surface area contributed by atoms with Gasteiger partial charge in [0.05, 0.1) is 12.3 Å². The molecular weight excluding hydrogens is 234 g/mol. The molecule has 0 saturated carbocycles. The molecule has 1 N–H and O–H groups in total. The van der Waals surface area contributed by atoms with Crippen molar-refractivity contribution in [1.29, 1.82) is 0 Å². The maximum Gasteiger partial charge on any atom is 0.142 e. The molecule has 1 rings (SSSR count). The van der Waals surface area contributed by atoms with Crippen molar-refractivity contribution in [1.82, 2.24) is 0 Å². The van der Waals surface area contributed by atoms with Gasteiger partial charge in [-0.2, -0.15) is 0 Å². The third kappa shape index (κ3) is 6.00. The first-order chi connectivity index (χ1) is 9.02. The standard InChI is InChI=1S/C17H29NO/c1-6-11-19-17-12-14(4)8-10-16(17)18-15(5)9-7-13(2)3/h8,10,12-13,15,18H,6-7,9,11H2,1-5H3. The van der Waals surface area contributed by atoms with Crippen LogP contribution in [-0.2, 0) is 0 Å². The molecule has 2 nitrogen and oxygen atoms in total. The fourth-order valence-electron chi connectivity index (χ4n) is 2.00. The van der Waals surface area contributed by atoms with Crippen LogP contribution in [0, 0.1) is 12.8 Å². The molecule has 108 valence electrons.